The Labute approximate surface area is 105 Å². The molecule has 1 atom stereocenters. The molecule has 0 aromatic rings. The molecule has 0 aliphatic heterocycles. The molecule has 0 radical (unpaired) electrons. The zero-order chi connectivity index (χ0) is 14.1. The van der Waals surface area contributed by atoms with Crippen molar-refractivity contribution in [2.24, 2.45) is 5.73 Å². The summed E-state index contributed by atoms with van der Waals surface area (Å²) in [7, 11) is 0. The summed E-state index contributed by atoms with van der Waals surface area (Å²) in [4.78, 5) is 32.6. The molecule has 8 nitrogen and oxygen atoms in total. The van der Waals surface area contributed by atoms with Crippen LogP contribution in [0, 0.1) is 0 Å². The third-order valence-electron chi connectivity index (χ3n) is 1.85. The second-order valence-electron chi connectivity index (χ2n) is 3.88. The number of primary amides is 1. The molecule has 0 spiro atoms. The second kappa shape index (κ2) is 8.29. The average Bonchev–Trinajstić information content (AvgIpc) is 2.22. The van der Waals surface area contributed by atoms with Crippen molar-refractivity contribution in [3.63, 3.8) is 0 Å². The lowest BCUT2D eigenvalue weighted by Crippen LogP contribution is -2.48. The van der Waals surface area contributed by atoms with E-state index in [1.165, 1.54) is 0 Å². The molecule has 3 amide bonds. The summed E-state index contributed by atoms with van der Waals surface area (Å²) in [5.74, 6) is -2.12. The van der Waals surface area contributed by atoms with E-state index in [2.05, 4.69) is 10.6 Å². The summed E-state index contributed by atoms with van der Waals surface area (Å²) in [6.45, 7) is 4.27. The number of rotatable bonds is 8. The Balaban J connectivity index is 3.95. The molecule has 0 saturated heterocycles. The average molecular weight is 261 g/mol. The van der Waals surface area contributed by atoms with E-state index < -0.39 is 30.4 Å². The van der Waals surface area contributed by atoms with Crippen molar-refractivity contribution >= 4 is 17.9 Å². The number of nitrogens with one attached hydrogen (secondary N) is 2. The number of urea groups is 1. The van der Waals surface area contributed by atoms with E-state index in [9.17, 15) is 14.4 Å². The van der Waals surface area contributed by atoms with Crippen LogP contribution in [-0.2, 0) is 14.3 Å². The van der Waals surface area contributed by atoms with E-state index in [1.807, 2.05) is 13.8 Å². The Morgan fingerprint density at radius 1 is 1.33 bits per heavy atom. The fourth-order valence-corrected chi connectivity index (χ4v) is 1.07. The molecular formula is C10H19N3O5. The minimum atomic E-state index is -1.33. The Bertz CT molecular complexity index is 306. The van der Waals surface area contributed by atoms with Gasteiger partial charge < -0.3 is 26.2 Å². The molecular weight excluding hydrogens is 242 g/mol. The van der Waals surface area contributed by atoms with Crippen LogP contribution < -0.4 is 16.4 Å². The van der Waals surface area contributed by atoms with E-state index in [4.69, 9.17) is 15.6 Å². The van der Waals surface area contributed by atoms with Gasteiger partial charge in [0.05, 0.1) is 19.1 Å². The Kier molecular flexibility index (Phi) is 7.45. The van der Waals surface area contributed by atoms with Gasteiger partial charge in [0.15, 0.2) is 0 Å². The Morgan fingerprint density at radius 2 is 1.94 bits per heavy atom. The van der Waals surface area contributed by atoms with Gasteiger partial charge in [0.25, 0.3) is 0 Å². The number of hydrogen-bond acceptors (Lipinski definition) is 4. The molecule has 0 rings (SSSR count). The summed E-state index contributed by atoms with van der Waals surface area (Å²) in [6, 6.07) is -2.01. The molecule has 0 bridgehead atoms. The molecule has 104 valence electrons. The summed E-state index contributed by atoms with van der Waals surface area (Å²) in [5, 5.41) is 13.3. The first-order valence-electron chi connectivity index (χ1n) is 5.50. The SMILES string of the molecule is CC(C)OCCNC(=O)N[C@H](CC(N)=O)C(=O)O. The third-order valence-corrected chi connectivity index (χ3v) is 1.85. The van der Waals surface area contributed by atoms with Crippen LogP contribution in [0.2, 0.25) is 0 Å². The zero-order valence-electron chi connectivity index (χ0n) is 10.4. The van der Waals surface area contributed by atoms with E-state index in [-0.39, 0.29) is 12.6 Å². The summed E-state index contributed by atoms with van der Waals surface area (Å²) in [6.07, 6.45) is -0.401. The van der Waals surface area contributed by atoms with Gasteiger partial charge in [-0.25, -0.2) is 9.59 Å². The molecule has 5 N–H and O–H groups in total. The van der Waals surface area contributed by atoms with Gasteiger partial charge in [0.2, 0.25) is 5.91 Å². The summed E-state index contributed by atoms with van der Waals surface area (Å²) < 4.78 is 5.18. The minimum absolute atomic E-state index is 0.0523. The predicted octanol–water partition coefficient (Wildman–Crippen LogP) is -0.961. The van der Waals surface area contributed by atoms with Crippen LogP contribution in [0.3, 0.4) is 0 Å². The summed E-state index contributed by atoms with van der Waals surface area (Å²) >= 11 is 0. The van der Waals surface area contributed by atoms with Crippen LogP contribution in [0.5, 0.6) is 0 Å². The first-order valence-corrected chi connectivity index (χ1v) is 5.50. The van der Waals surface area contributed by atoms with E-state index >= 15 is 0 Å². The van der Waals surface area contributed by atoms with Gasteiger partial charge in [0.1, 0.15) is 6.04 Å². The predicted molar refractivity (Wildman–Crippen MR) is 62.9 cm³/mol. The van der Waals surface area contributed by atoms with Gasteiger partial charge >= 0.3 is 12.0 Å². The maximum Gasteiger partial charge on any atom is 0.326 e. The van der Waals surface area contributed by atoms with Gasteiger partial charge in [-0.05, 0) is 13.8 Å². The molecule has 0 aromatic carbocycles. The van der Waals surface area contributed by atoms with Crippen molar-refractivity contribution in [2.75, 3.05) is 13.2 Å². The number of aliphatic carboxylic acids is 1. The fraction of sp³-hybridized carbons (Fsp3) is 0.700. The number of hydrogen-bond donors (Lipinski definition) is 4. The largest absolute Gasteiger partial charge is 0.480 e. The first-order chi connectivity index (χ1) is 8.32. The van der Waals surface area contributed by atoms with Gasteiger partial charge in [-0.1, -0.05) is 0 Å². The van der Waals surface area contributed by atoms with Crippen LogP contribution in [0.15, 0.2) is 0 Å². The standard InChI is InChI=1S/C10H19N3O5/c1-6(2)18-4-3-12-10(17)13-7(9(15)16)5-8(11)14/h6-7H,3-5H2,1-2H3,(H2,11,14)(H,15,16)(H2,12,13,17)/t7-/m1/s1. The van der Waals surface area contributed by atoms with Crippen molar-refractivity contribution < 1.29 is 24.2 Å². The van der Waals surface area contributed by atoms with E-state index in [1.54, 1.807) is 0 Å². The molecule has 0 unspecified atom stereocenters. The molecule has 0 fully saturated rings. The monoisotopic (exact) mass is 261 g/mol. The molecule has 0 heterocycles. The fourth-order valence-electron chi connectivity index (χ4n) is 1.07. The normalized spacial score (nSPS) is 11.9. The van der Waals surface area contributed by atoms with Crippen LogP contribution in [-0.4, -0.2) is 48.3 Å². The highest BCUT2D eigenvalue weighted by Gasteiger charge is 2.21. The maximum atomic E-state index is 11.3. The Morgan fingerprint density at radius 3 is 2.39 bits per heavy atom. The number of carbonyl (C=O) groups excluding carboxylic acids is 2. The van der Waals surface area contributed by atoms with Crippen molar-refractivity contribution in [2.45, 2.75) is 32.4 Å². The summed E-state index contributed by atoms with van der Waals surface area (Å²) in [5.41, 5.74) is 4.87. The number of carbonyl (C=O) groups is 3. The van der Waals surface area contributed by atoms with Crippen molar-refractivity contribution in [1.29, 1.82) is 0 Å². The van der Waals surface area contributed by atoms with Gasteiger partial charge in [0, 0.05) is 6.54 Å². The number of nitrogens with two attached hydrogens (primary N) is 1. The maximum absolute atomic E-state index is 11.3. The van der Waals surface area contributed by atoms with Crippen LogP contribution in [0.1, 0.15) is 20.3 Å². The lowest BCUT2D eigenvalue weighted by molar-refractivity contribution is -0.140. The number of ether oxygens (including phenoxy) is 1. The lowest BCUT2D eigenvalue weighted by Gasteiger charge is -2.14. The molecule has 18 heavy (non-hydrogen) atoms. The number of carboxylic acids is 1. The molecule has 0 aliphatic carbocycles. The number of carboxylic acid groups (broad SMARTS) is 1. The quantitative estimate of drug-likeness (QED) is 0.418. The lowest BCUT2D eigenvalue weighted by atomic mass is 10.2. The van der Waals surface area contributed by atoms with Crippen molar-refractivity contribution in [1.82, 2.24) is 10.6 Å². The van der Waals surface area contributed by atoms with E-state index in [0.717, 1.165) is 0 Å². The Hall–Kier alpha value is -1.83. The highest BCUT2D eigenvalue weighted by Crippen LogP contribution is 1.91. The topological polar surface area (TPSA) is 131 Å². The molecule has 0 aliphatic rings. The van der Waals surface area contributed by atoms with Crippen LogP contribution in [0.25, 0.3) is 0 Å². The molecule has 8 heteroatoms. The van der Waals surface area contributed by atoms with Gasteiger partial charge in [-0.2, -0.15) is 0 Å². The van der Waals surface area contributed by atoms with Crippen LogP contribution >= 0.6 is 0 Å². The van der Waals surface area contributed by atoms with Gasteiger partial charge in [-0.15, -0.1) is 0 Å². The highest BCUT2D eigenvalue weighted by atomic mass is 16.5. The van der Waals surface area contributed by atoms with Gasteiger partial charge in [-0.3, -0.25) is 4.79 Å². The number of amides is 3. The van der Waals surface area contributed by atoms with Crippen molar-refractivity contribution in [3.8, 4) is 0 Å². The second-order valence-corrected chi connectivity index (χ2v) is 3.88. The molecule has 0 aromatic heterocycles. The van der Waals surface area contributed by atoms with Crippen LogP contribution in [0.4, 0.5) is 4.79 Å². The third kappa shape index (κ3) is 8.34. The molecule has 0 saturated carbocycles. The van der Waals surface area contributed by atoms with Crippen molar-refractivity contribution in [3.05, 3.63) is 0 Å². The van der Waals surface area contributed by atoms with E-state index in [0.29, 0.717) is 6.61 Å². The minimum Gasteiger partial charge on any atom is -0.480 e. The first kappa shape index (κ1) is 16.2. The zero-order valence-corrected chi connectivity index (χ0v) is 10.4. The smallest absolute Gasteiger partial charge is 0.326 e. The highest BCUT2D eigenvalue weighted by molar-refractivity contribution is 5.87.